The first-order valence-electron chi connectivity index (χ1n) is 5.51. The summed E-state index contributed by atoms with van der Waals surface area (Å²) in [6, 6.07) is 3.32. The summed E-state index contributed by atoms with van der Waals surface area (Å²) in [6.45, 7) is 1.80. The van der Waals surface area contributed by atoms with Crippen molar-refractivity contribution in [3.05, 3.63) is 30.5 Å². The Morgan fingerprint density at radius 3 is 2.89 bits per heavy atom. The van der Waals surface area contributed by atoms with Crippen LogP contribution in [-0.4, -0.2) is 41.2 Å². The molecule has 0 aliphatic rings. The molecule has 6 nitrogen and oxygen atoms in total. The lowest BCUT2D eigenvalue weighted by Gasteiger charge is -2.11. The van der Waals surface area contributed by atoms with Gasteiger partial charge in [0.05, 0.1) is 5.33 Å². The molecule has 0 aromatic carbocycles. The fraction of sp³-hybridized carbons (Fsp3) is 0.273. The molecule has 2 heterocycles. The van der Waals surface area contributed by atoms with Gasteiger partial charge in [-0.25, -0.2) is 14.6 Å². The van der Waals surface area contributed by atoms with Crippen LogP contribution in [0.4, 0.5) is 0 Å². The minimum absolute atomic E-state index is 0.134. The number of hydrogen-bond acceptors (Lipinski definition) is 5. The Balaban J connectivity index is 2.50. The zero-order valence-corrected chi connectivity index (χ0v) is 12.5. The molecule has 2 aromatic rings. The van der Waals surface area contributed by atoms with Crippen LogP contribution in [0.25, 0.3) is 5.82 Å². The Hall–Kier alpha value is -1.25. The molecule has 2 rings (SSSR count). The van der Waals surface area contributed by atoms with Crippen LogP contribution < -0.4 is 0 Å². The second-order valence-electron chi connectivity index (χ2n) is 3.55. The smallest absolute Gasteiger partial charge is 0.196 e. The molecule has 19 heavy (non-hydrogen) atoms. The molecule has 8 heteroatoms. The Labute approximate surface area is 121 Å². The van der Waals surface area contributed by atoms with Crippen molar-refractivity contribution in [3.63, 3.8) is 0 Å². The van der Waals surface area contributed by atoms with Crippen LogP contribution in [0.1, 0.15) is 17.4 Å². The lowest BCUT2D eigenvalue weighted by molar-refractivity contribution is 0.101. The molecule has 0 spiro atoms. The first-order valence-corrected chi connectivity index (χ1v) is 7.95. The molecule has 0 bridgehead atoms. The van der Waals surface area contributed by atoms with Crippen molar-refractivity contribution < 1.29 is 9.35 Å². The summed E-state index contributed by atoms with van der Waals surface area (Å²) in [6.07, 6.45) is 2.87. The molecule has 1 unspecified atom stereocenters. The van der Waals surface area contributed by atoms with Crippen LogP contribution in [0.5, 0.6) is 0 Å². The molecular formula is C11H11BrN4O2S. The highest BCUT2D eigenvalue weighted by Gasteiger charge is 2.22. The second kappa shape index (κ2) is 6.27. The van der Waals surface area contributed by atoms with Gasteiger partial charge in [0.15, 0.2) is 22.2 Å². The normalized spacial score (nSPS) is 12.4. The van der Waals surface area contributed by atoms with Crippen molar-refractivity contribution in [2.45, 2.75) is 11.8 Å². The van der Waals surface area contributed by atoms with Crippen LogP contribution in [0.3, 0.4) is 0 Å². The summed E-state index contributed by atoms with van der Waals surface area (Å²) in [5.41, 5.74) is 0.213. The van der Waals surface area contributed by atoms with Gasteiger partial charge in [0.1, 0.15) is 18.4 Å². The number of nitrogens with zero attached hydrogens (tertiary/aromatic N) is 4. The van der Waals surface area contributed by atoms with Gasteiger partial charge in [0.2, 0.25) is 0 Å². The van der Waals surface area contributed by atoms with Gasteiger partial charge in [0, 0.05) is 0 Å². The van der Waals surface area contributed by atoms with Crippen molar-refractivity contribution in [2.24, 2.45) is 0 Å². The number of Topliss-reactive ketones (excluding diaryl/α,β-unsaturated/α-hetero) is 1. The third-order valence-electron chi connectivity index (χ3n) is 2.39. The van der Waals surface area contributed by atoms with Gasteiger partial charge in [-0.2, -0.15) is 5.10 Å². The van der Waals surface area contributed by atoms with Gasteiger partial charge >= 0.3 is 0 Å². The van der Waals surface area contributed by atoms with E-state index < -0.39 is 11.2 Å². The lowest BCUT2D eigenvalue weighted by Crippen LogP contribution is -2.15. The van der Waals surface area contributed by atoms with E-state index in [2.05, 4.69) is 31.0 Å². The Kier molecular flexibility index (Phi) is 4.67. The number of carbonyl (C=O) groups excluding carboxylic acids is 1. The third kappa shape index (κ3) is 3.02. The van der Waals surface area contributed by atoms with Crippen molar-refractivity contribution in [3.8, 4) is 5.82 Å². The van der Waals surface area contributed by atoms with E-state index in [1.807, 2.05) is 0 Å². The van der Waals surface area contributed by atoms with E-state index in [0.29, 0.717) is 16.5 Å². The van der Waals surface area contributed by atoms with Crippen molar-refractivity contribution in [2.75, 3.05) is 11.1 Å². The molecule has 0 saturated carbocycles. The van der Waals surface area contributed by atoms with E-state index in [-0.39, 0.29) is 16.8 Å². The zero-order valence-electron chi connectivity index (χ0n) is 10.1. The van der Waals surface area contributed by atoms with Crippen molar-refractivity contribution in [1.82, 2.24) is 19.7 Å². The molecule has 0 aliphatic heterocycles. The molecule has 0 radical (unpaired) electrons. The predicted octanol–water partition coefficient (Wildman–Crippen LogP) is 1.37. The molecule has 100 valence electrons. The van der Waals surface area contributed by atoms with Crippen molar-refractivity contribution >= 4 is 32.9 Å². The average molecular weight is 343 g/mol. The van der Waals surface area contributed by atoms with E-state index in [0.717, 1.165) is 0 Å². The molecule has 0 N–H and O–H groups in total. The topological polar surface area (TPSA) is 83.7 Å². The zero-order chi connectivity index (χ0) is 13.8. The molecule has 0 saturated heterocycles. The number of carbonyl (C=O) groups is 1. The average Bonchev–Trinajstić information content (AvgIpc) is 2.99. The fourth-order valence-electron chi connectivity index (χ4n) is 1.49. The summed E-state index contributed by atoms with van der Waals surface area (Å²) in [5, 5.41) is 4.09. The number of ketones is 1. The Bertz CT molecular complexity index is 576. The van der Waals surface area contributed by atoms with Gasteiger partial charge in [-0.3, -0.25) is 4.79 Å². The third-order valence-corrected chi connectivity index (χ3v) is 4.24. The van der Waals surface area contributed by atoms with Gasteiger partial charge in [-0.1, -0.05) is 15.9 Å². The van der Waals surface area contributed by atoms with Crippen LogP contribution in [0, 0.1) is 0 Å². The summed E-state index contributed by atoms with van der Waals surface area (Å²) in [7, 11) is 0. The van der Waals surface area contributed by atoms with Crippen LogP contribution in [0.15, 0.2) is 29.7 Å². The highest BCUT2D eigenvalue weighted by Crippen LogP contribution is 2.18. The van der Waals surface area contributed by atoms with E-state index in [1.165, 1.54) is 17.3 Å². The molecular weight excluding hydrogens is 332 g/mol. The number of rotatable bonds is 5. The SMILES string of the molecule is CC[S+]([O-])c1ccc(-n2cncn2)nc1C(=O)CBr. The molecule has 0 fully saturated rings. The van der Waals surface area contributed by atoms with Gasteiger partial charge in [0.25, 0.3) is 0 Å². The summed E-state index contributed by atoms with van der Waals surface area (Å²) in [5.74, 6) is 0.699. The van der Waals surface area contributed by atoms with E-state index >= 15 is 0 Å². The highest BCUT2D eigenvalue weighted by atomic mass is 79.9. The van der Waals surface area contributed by atoms with Gasteiger partial charge in [-0.15, -0.1) is 0 Å². The maximum absolute atomic E-state index is 11.9. The quantitative estimate of drug-likeness (QED) is 0.465. The summed E-state index contributed by atoms with van der Waals surface area (Å²) < 4.78 is 13.4. The monoisotopic (exact) mass is 342 g/mol. The first-order chi connectivity index (χ1) is 9.17. The van der Waals surface area contributed by atoms with Crippen LogP contribution in [0.2, 0.25) is 0 Å². The molecule has 0 amide bonds. The van der Waals surface area contributed by atoms with E-state index in [9.17, 15) is 9.35 Å². The van der Waals surface area contributed by atoms with E-state index in [1.54, 1.807) is 19.1 Å². The standard InChI is InChI=1S/C11H11BrN4O2S/c1-2-19(18)9-3-4-10(16-7-13-6-14-16)15-11(9)8(17)5-12/h3-4,6-7H,2,5H2,1H3. The maximum Gasteiger partial charge on any atom is 0.196 e. The van der Waals surface area contributed by atoms with Gasteiger partial charge < -0.3 is 4.55 Å². The lowest BCUT2D eigenvalue weighted by atomic mass is 10.2. The number of aromatic nitrogens is 4. The minimum atomic E-state index is -1.23. The molecule has 2 aromatic heterocycles. The van der Waals surface area contributed by atoms with Crippen LogP contribution in [-0.2, 0) is 11.2 Å². The first kappa shape index (κ1) is 14.2. The number of halogens is 1. The number of hydrogen-bond donors (Lipinski definition) is 0. The van der Waals surface area contributed by atoms with Crippen LogP contribution >= 0.6 is 15.9 Å². The van der Waals surface area contributed by atoms with Gasteiger partial charge in [-0.05, 0) is 30.2 Å². The highest BCUT2D eigenvalue weighted by molar-refractivity contribution is 9.09. The Morgan fingerprint density at radius 2 is 2.32 bits per heavy atom. The number of pyridine rings is 1. The Morgan fingerprint density at radius 1 is 1.53 bits per heavy atom. The summed E-state index contributed by atoms with van der Waals surface area (Å²) >= 11 is 1.88. The molecule has 1 atom stereocenters. The second-order valence-corrected chi connectivity index (χ2v) is 5.82. The molecule has 0 aliphatic carbocycles. The number of alkyl halides is 1. The summed E-state index contributed by atoms with van der Waals surface area (Å²) in [4.78, 5) is 20.4. The maximum atomic E-state index is 11.9. The fourth-order valence-corrected chi connectivity index (χ4v) is 2.66. The minimum Gasteiger partial charge on any atom is -0.611 e. The predicted molar refractivity (Wildman–Crippen MR) is 74.2 cm³/mol. The van der Waals surface area contributed by atoms with Crippen molar-refractivity contribution in [1.29, 1.82) is 0 Å². The largest absolute Gasteiger partial charge is 0.611 e. The van der Waals surface area contributed by atoms with E-state index in [4.69, 9.17) is 0 Å².